The molecule has 1 aromatic carbocycles. The first-order valence-corrected chi connectivity index (χ1v) is 10.5. The van der Waals surface area contributed by atoms with Gasteiger partial charge in [0.05, 0.1) is 23.8 Å². The summed E-state index contributed by atoms with van der Waals surface area (Å²) in [6, 6.07) is 6.33. The zero-order chi connectivity index (χ0) is 19.2. The maximum Gasteiger partial charge on any atom is 0.250 e. The molecule has 0 aliphatic heterocycles. The van der Waals surface area contributed by atoms with E-state index in [1.807, 2.05) is 23.9 Å². The molecule has 0 aliphatic carbocycles. The van der Waals surface area contributed by atoms with E-state index in [4.69, 9.17) is 0 Å². The number of aromatic nitrogens is 4. The highest BCUT2D eigenvalue weighted by atomic mass is 127. The summed E-state index contributed by atoms with van der Waals surface area (Å²) in [6.45, 7) is 7.12. The average Bonchev–Trinajstić information content (AvgIpc) is 3.30. The Balaban J connectivity index is 1.70. The molecule has 2 heterocycles. The van der Waals surface area contributed by atoms with Crippen molar-refractivity contribution in [3.05, 3.63) is 54.9 Å². The second kappa shape index (κ2) is 9.12. The van der Waals surface area contributed by atoms with Gasteiger partial charge in [0.15, 0.2) is 0 Å². The van der Waals surface area contributed by atoms with Crippen molar-refractivity contribution in [2.45, 2.75) is 24.9 Å². The zero-order valence-electron chi connectivity index (χ0n) is 16.0. The molecule has 0 bridgehead atoms. The predicted octanol–water partition coefficient (Wildman–Crippen LogP) is 4.15. The standard InChI is InChI=1S/C19H25IN7/c1-4-26(12-11-25-10-9-24(3)15-25)17-5-6-18(16(2)13-17)22-23-19-21-7-8-27(19)14-20/h5-10,13,15H,4,11-12,14H2,1-3H3/q+1. The first kappa shape index (κ1) is 19.5. The third-order valence-corrected chi connectivity index (χ3v) is 5.18. The lowest BCUT2D eigenvalue weighted by atomic mass is 10.1. The Kier molecular flexibility index (Phi) is 6.59. The van der Waals surface area contributed by atoms with Gasteiger partial charge in [0, 0.05) is 24.6 Å². The molecular weight excluding hydrogens is 453 g/mol. The van der Waals surface area contributed by atoms with Gasteiger partial charge >= 0.3 is 0 Å². The van der Waals surface area contributed by atoms with Gasteiger partial charge in [-0.15, -0.1) is 10.2 Å². The van der Waals surface area contributed by atoms with Gasteiger partial charge in [-0.2, -0.15) is 0 Å². The molecule has 0 N–H and O–H groups in total. The van der Waals surface area contributed by atoms with Crippen molar-refractivity contribution in [2.24, 2.45) is 17.3 Å². The molecule has 3 rings (SSSR count). The maximum absolute atomic E-state index is 4.39. The first-order valence-electron chi connectivity index (χ1n) is 8.96. The average molecular weight is 478 g/mol. The van der Waals surface area contributed by atoms with Crippen molar-refractivity contribution in [2.75, 3.05) is 18.0 Å². The lowest BCUT2D eigenvalue weighted by Gasteiger charge is -2.22. The Morgan fingerprint density at radius 3 is 2.78 bits per heavy atom. The molecule has 0 saturated heterocycles. The second-order valence-corrected chi connectivity index (χ2v) is 7.07. The van der Waals surface area contributed by atoms with Gasteiger partial charge in [-0.3, -0.25) is 0 Å². The number of likely N-dealkylation sites (N-methyl/N-ethyl adjacent to an activating group) is 1. The van der Waals surface area contributed by atoms with Crippen LogP contribution in [0, 0.1) is 6.92 Å². The van der Waals surface area contributed by atoms with Crippen LogP contribution >= 0.6 is 22.6 Å². The first-order chi connectivity index (χ1) is 13.1. The van der Waals surface area contributed by atoms with Gasteiger partial charge < -0.3 is 9.47 Å². The summed E-state index contributed by atoms with van der Waals surface area (Å²) in [4.78, 5) is 6.60. The lowest BCUT2D eigenvalue weighted by Crippen LogP contribution is -2.28. The minimum Gasteiger partial charge on any atom is -0.368 e. The fraction of sp³-hybridized carbons (Fsp3) is 0.368. The summed E-state index contributed by atoms with van der Waals surface area (Å²) < 4.78 is 7.01. The summed E-state index contributed by atoms with van der Waals surface area (Å²) >= 11 is 2.28. The number of imidazole rings is 2. The quantitative estimate of drug-likeness (QED) is 0.212. The maximum atomic E-state index is 4.39. The summed E-state index contributed by atoms with van der Waals surface area (Å²) in [7, 11) is 2.04. The molecule has 0 aliphatic rings. The Labute approximate surface area is 173 Å². The van der Waals surface area contributed by atoms with E-state index in [0.29, 0.717) is 5.95 Å². The summed E-state index contributed by atoms with van der Waals surface area (Å²) in [5.41, 5.74) is 3.18. The van der Waals surface area contributed by atoms with Crippen LogP contribution in [0.5, 0.6) is 0 Å². The Bertz CT molecular complexity index is 912. The molecule has 27 heavy (non-hydrogen) atoms. The SMILES string of the molecule is CCN(CCn1cc[n+](C)c1)c1ccc(N=Nc2nccn2CI)c(C)c1. The van der Waals surface area contributed by atoms with Crippen molar-refractivity contribution < 1.29 is 4.57 Å². The van der Waals surface area contributed by atoms with Gasteiger partial charge in [0.1, 0.15) is 18.9 Å². The fourth-order valence-electron chi connectivity index (χ4n) is 2.88. The Morgan fingerprint density at radius 1 is 1.26 bits per heavy atom. The highest BCUT2D eigenvalue weighted by Crippen LogP contribution is 2.26. The lowest BCUT2D eigenvalue weighted by molar-refractivity contribution is -0.671. The van der Waals surface area contributed by atoms with Crippen molar-refractivity contribution in [1.82, 2.24) is 14.1 Å². The topological polar surface area (TPSA) is 54.6 Å². The van der Waals surface area contributed by atoms with E-state index < -0.39 is 0 Å². The number of hydrogen-bond acceptors (Lipinski definition) is 4. The number of anilines is 1. The van der Waals surface area contributed by atoms with E-state index in [2.05, 4.69) is 96.5 Å². The van der Waals surface area contributed by atoms with Crippen molar-refractivity contribution >= 4 is 39.9 Å². The predicted molar refractivity (Wildman–Crippen MR) is 115 cm³/mol. The van der Waals surface area contributed by atoms with Gasteiger partial charge in [-0.1, -0.05) is 22.6 Å². The van der Waals surface area contributed by atoms with E-state index >= 15 is 0 Å². The molecule has 0 atom stereocenters. The zero-order valence-corrected chi connectivity index (χ0v) is 18.1. The van der Waals surface area contributed by atoms with Crippen LogP contribution in [0.2, 0.25) is 0 Å². The number of halogens is 1. The molecule has 142 valence electrons. The molecule has 0 fully saturated rings. The van der Waals surface area contributed by atoms with Crippen LogP contribution in [0.3, 0.4) is 0 Å². The van der Waals surface area contributed by atoms with Gasteiger partial charge in [0.25, 0.3) is 0 Å². The smallest absolute Gasteiger partial charge is 0.250 e. The highest BCUT2D eigenvalue weighted by Gasteiger charge is 2.09. The van der Waals surface area contributed by atoms with Crippen LogP contribution in [-0.2, 0) is 18.1 Å². The molecule has 0 radical (unpaired) electrons. The number of alkyl halides is 1. The Morgan fingerprint density at radius 2 is 2.11 bits per heavy atom. The molecule has 8 heteroatoms. The van der Waals surface area contributed by atoms with E-state index in [1.165, 1.54) is 5.69 Å². The highest BCUT2D eigenvalue weighted by molar-refractivity contribution is 14.1. The fourth-order valence-corrected chi connectivity index (χ4v) is 3.42. The summed E-state index contributed by atoms with van der Waals surface area (Å²) in [5, 5.41) is 8.69. The number of nitrogens with zero attached hydrogens (tertiary/aromatic N) is 7. The van der Waals surface area contributed by atoms with Gasteiger partial charge in [0.2, 0.25) is 12.3 Å². The largest absolute Gasteiger partial charge is 0.368 e. The van der Waals surface area contributed by atoms with E-state index in [0.717, 1.165) is 35.4 Å². The van der Waals surface area contributed by atoms with Gasteiger partial charge in [-0.25, -0.2) is 14.1 Å². The van der Waals surface area contributed by atoms with Crippen molar-refractivity contribution in [1.29, 1.82) is 0 Å². The van der Waals surface area contributed by atoms with Crippen molar-refractivity contribution in [3.8, 4) is 0 Å². The number of benzene rings is 1. The molecule has 0 unspecified atom stereocenters. The molecule has 0 saturated carbocycles. The molecule has 3 aromatic rings. The van der Waals surface area contributed by atoms with E-state index in [-0.39, 0.29) is 0 Å². The van der Waals surface area contributed by atoms with Crippen LogP contribution < -0.4 is 9.47 Å². The van der Waals surface area contributed by atoms with Crippen LogP contribution in [0.4, 0.5) is 17.3 Å². The number of rotatable bonds is 8. The van der Waals surface area contributed by atoms with Crippen molar-refractivity contribution in [3.63, 3.8) is 0 Å². The Hall–Kier alpha value is -2.23. The third-order valence-electron chi connectivity index (χ3n) is 4.45. The number of hydrogen-bond donors (Lipinski definition) is 0. The molecule has 0 amide bonds. The molecular formula is C19H25IN7+. The minimum atomic E-state index is 0.628. The van der Waals surface area contributed by atoms with Crippen LogP contribution in [-0.4, -0.2) is 27.2 Å². The van der Waals surface area contributed by atoms with Crippen LogP contribution in [0.25, 0.3) is 0 Å². The number of azo groups is 1. The van der Waals surface area contributed by atoms with E-state index in [1.54, 1.807) is 6.20 Å². The van der Waals surface area contributed by atoms with Gasteiger partial charge in [-0.05, 0) is 37.6 Å². The summed E-state index contributed by atoms with van der Waals surface area (Å²) in [5.74, 6) is 0.628. The molecule has 2 aromatic heterocycles. The molecule has 0 spiro atoms. The summed E-state index contributed by atoms with van der Waals surface area (Å²) in [6.07, 6.45) is 9.90. The van der Waals surface area contributed by atoms with E-state index in [9.17, 15) is 0 Å². The second-order valence-electron chi connectivity index (χ2n) is 6.38. The minimum absolute atomic E-state index is 0.628. The third kappa shape index (κ3) is 4.94. The normalized spacial score (nSPS) is 11.4. The molecule has 7 nitrogen and oxygen atoms in total. The van der Waals surface area contributed by atoms with Crippen LogP contribution in [0.15, 0.2) is 59.5 Å². The number of aryl methyl sites for hydroxylation is 2. The van der Waals surface area contributed by atoms with Crippen LogP contribution in [0.1, 0.15) is 12.5 Å². The monoisotopic (exact) mass is 478 g/mol.